The fraction of sp³-hybridized carbons (Fsp3) is 0.368. The molecule has 2 aromatic rings. The lowest BCUT2D eigenvalue weighted by molar-refractivity contribution is -0.0605. The average molecular weight is 341 g/mol. The third-order valence-electron chi connectivity index (χ3n) is 4.58. The Morgan fingerprint density at radius 1 is 1.36 bits per heavy atom. The molecule has 1 aromatic carbocycles. The predicted octanol–water partition coefficient (Wildman–Crippen LogP) is 1.49. The number of amides is 1. The fourth-order valence-corrected chi connectivity index (χ4v) is 3.26. The van der Waals surface area contributed by atoms with Crippen molar-refractivity contribution in [2.45, 2.75) is 19.1 Å². The first-order chi connectivity index (χ1) is 12.1. The van der Waals surface area contributed by atoms with E-state index in [1.807, 2.05) is 18.2 Å². The largest absolute Gasteiger partial charge is 0.373 e. The summed E-state index contributed by atoms with van der Waals surface area (Å²) in [6, 6.07) is 11.7. The van der Waals surface area contributed by atoms with Crippen LogP contribution in [0.5, 0.6) is 0 Å². The first-order valence-corrected chi connectivity index (χ1v) is 8.40. The van der Waals surface area contributed by atoms with Crippen molar-refractivity contribution in [3.63, 3.8) is 0 Å². The number of H-pyrrole nitrogens is 1. The minimum atomic E-state index is -0.213. The van der Waals surface area contributed by atoms with Gasteiger partial charge < -0.3 is 15.0 Å². The number of ether oxygens (including phenoxy) is 1. The van der Waals surface area contributed by atoms with Gasteiger partial charge in [-0.2, -0.15) is 0 Å². The van der Waals surface area contributed by atoms with E-state index in [4.69, 9.17) is 4.74 Å². The van der Waals surface area contributed by atoms with Gasteiger partial charge in [-0.25, -0.2) is 0 Å². The molecule has 1 saturated heterocycles. The van der Waals surface area contributed by atoms with Crippen LogP contribution in [0.3, 0.4) is 0 Å². The molecule has 0 aliphatic carbocycles. The fourth-order valence-electron chi connectivity index (χ4n) is 3.26. The predicted molar refractivity (Wildman–Crippen MR) is 95.7 cm³/mol. The molecule has 1 fully saturated rings. The number of pyridine rings is 1. The molecule has 0 bridgehead atoms. The highest BCUT2D eigenvalue weighted by molar-refractivity contribution is 5.95. The molecule has 132 valence electrons. The Morgan fingerprint density at radius 2 is 2.12 bits per heavy atom. The normalized spacial score (nSPS) is 21.0. The summed E-state index contributed by atoms with van der Waals surface area (Å²) in [5.41, 5.74) is 2.09. The van der Waals surface area contributed by atoms with Crippen LogP contribution < -0.4 is 10.9 Å². The topological polar surface area (TPSA) is 74.4 Å². The zero-order chi connectivity index (χ0) is 17.8. The monoisotopic (exact) mass is 341 g/mol. The van der Waals surface area contributed by atoms with Gasteiger partial charge in [0.15, 0.2) is 0 Å². The molecule has 1 aliphatic heterocycles. The average Bonchev–Trinajstić information content (AvgIpc) is 2.60. The van der Waals surface area contributed by atoms with Gasteiger partial charge in [-0.1, -0.05) is 30.3 Å². The Kier molecular flexibility index (Phi) is 5.31. The lowest BCUT2D eigenvalue weighted by Gasteiger charge is -2.39. The second kappa shape index (κ2) is 7.63. The maximum absolute atomic E-state index is 12.4. The van der Waals surface area contributed by atoms with Crippen LogP contribution >= 0.6 is 0 Å². The zero-order valence-corrected chi connectivity index (χ0v) is 14.5. The highest BCUT2D eigenvalue weighted by Crippen LogP contribution is 2.27. The number of nitrogens with zero attached hydrogens (tertiary/aromatic N) is 1. The minimum absolute atomic E-state index is 0.0897. The van der Waals surface area contributed by atoms with Crippen molar-refractivity contribution < 1.29 is 9.53 Å². The van der Waals surface area contributed by atoms with Gasteiger partial charge in [0.2, 0.25) is 5.56 Å². The second-order valence-corrected chi connectivity index (χ2v) is 6.35. The first kappa shape index (κ1) is 17.4. The number of benzene rings is 1. The smallest absolute Gasteiger partial charge is 0.253 e. The van der Waals surface area contributed by atoms with Crippen molar-refractivity contribution >= 4 is 5.91 Å². The third-order valence-corrected chi connectivity index (χ3v) is 4.58. The SMILES string of the molecule is Cc1cc(=O)[nH]cc1C(=O)NC[C@@H]1OCCN(C)[C@H]1c1ccccc1. The van der Waals surface area contributed by atoms with E-state index in [2.05, 4.69) is 34.4 Å². The summed E-state index contributed by atoms with van der Waals surface area (Å²) in [4.78, 5) is 28.5. The summed E-state index contributed by atoms with van der Waals surface area (Å²) in [7, 11) is 2.07. The summed E-state index contributed by atoms with van der Waals surface area (Å²) >= 11 is 0. The second-order valence-electron chi connectivity index (χ2n) is 6.35. The van der Waals surface area contributed by atoms with Gasteiger partial charge in [-0.15, -0.1) is 0 Å². The van der Waals surface area contributed by atoms with Crippen molar-refractivity contribution in [2.24, 2.45) is 0 Å². The number of rotatable bonds is 4. The Morgan fingerprint density at radius 3 is 2.84 bits per heavy atom. The zero-order valence-electron chi connectivity index (χ0n) is 14.5. The number of aromatic amines is 1. The molecule has 6 heteroatoms. The molecular weight excluding hydrogens is 318 g/mol. The number of aryl methyl sites for hydroxylation is 1. The van der Waals surface area contributed by atoms with Crippen molar-refractivity contribution in [1.29, 1.82) is 0 Å². The van der Waals surface area contributed by atoms with Gasteiger partial charge in [-0.3, -0.25) is 14.5 Å². The molecule has 2 N–H and O–H groups in total. The Balaban J connectivity index is 1.72. The van der Waals surface area contributed by atoms with Crippen LogP contribution in [0, 0.1) is 6.92 Å². The molecule has 3 rings (SSSR count). The number of morpholine rings is 1. The van der Waals surface area contributed by atoms with Crippen LogP contribution in [0.4, 0.5) is 0 Å². The number of aromatic nitrogens is 1. The number of carbonyl (C=O) groups excluding carboxylic acids is 1. The molecule has 0 radical (unpaired) electrons. The van der Waals surface area contributed by atoms with Crippen LogP contribution in [0.25, 0.3) is 0 Å². The van der Waals surface area contributed by atoms with E-state index < -0.39 is 0 Å². The molecule has 0 unspecified atom stereocenters. The summed E-state index contributed by atoms with van der Waals surface area (Å²) < 4.78 is 5.94. The van der Waals surface area contributed by atoms with E-state index in [0.717, 1.165) is 6.54 Å². The van der Waals surface area contributed by atoms with Gasteiger partial charge in [0.05, 0.1) is 24.3 Å². The van der Waals surface area contributed by atoms with Crippen LogP contribution in [0.1, 0.15) is 27.5 Å². The maximum atomic E-state index is 12.4. The van der Waals surface area contributed by atoms with Gasteiger partial charge in [0.25, 0.3) is 5.91 Å². The molecule has 1 amide bonds. The van der Waals surface area contributed by atoms with E-state index in [1.54, 1.807) is 6.92 Å². The van der Waals surface area contributed by atoms with Gasteiger partial charge in [0, 0.05) is 25.4 Å². The van der Waals surface area contributed by atoms with E-state index in [9.17, 15) is 9.59 Å². The van der Waals surface area contributed by atoms with Crippen molar-refractivity contribution in [3.8, 4) is 0 Å². The minimum Gasteiger partial charge on any atom is -0.373 e. The quantitative estimate of drug-likeness (QED) is 0.883. The Bertz CT molecular complexity index is 788. The van der Waals surface area contributed by atoms with Gasteiger partial charge in [-0.05, 0) is 25.1 Å². The molecule has 2 atom stereocenters. The van der Waals surface area contributed by atoms with E-state index in [-0.39, 0.29) is 23.6 Å². The first-order valence-electron chi connectivity index (χ1n) is 8.40. The molecule has 0 saturated carbocycles. The van der Waals surface area contributed by atoms with Crippen LogP contribution in [0.2, 0.25) is 0 Å². The van der Waals surface area contributed by atoms with E-state index in [0.29, 0.717) is 24.3 Å². The summed E-state index contributed by atoms with van der Waals surface area (Å²) in [5.74, 6) is -0.211. The molecule has 2 heterocycles. The van der Waals surface area contributed by atoms with E-state index >= 15 is 0 Å². The third kappa shape index (κ3) is 3.97. The highest BCUT2D eigenvalue weighted by atomic mass is 16.5. The molecular formula is C19H23N3O3. The molecule has 1 aliphatic rings. The number of likely N-dealkylation sites (N-methyl/N-ethyl adjacent to an activating group) is 1. The van der Waals surface area contributed by atoms with E-state index in [1.165, 1.54) is 17.8 Å². The Labute approximate surface area is 146 Å². The molecule has 0 spiro atoms. The lowest BCUT2D eigenvalue weighted by Crippen LogP contribution is -2.48. The maximum Gasteiger partial charge on any atom is 0.253 e. The van der Waals surface area contributed by atoms with Crippen molar-refractivity contribution in [2.75, 3.05) is 26.7 Å². The lowest BCUT2D eigenvalue weighted by atomic mass is 9.98. The Hall–Kier alpha value is -2.44. The number of hydrogen-bond donors (Lipinski definition) is 2. The van der Waals surface area contributed by atoms with Gasteiger partial charge in [0.1, 0.15) is 0 Å². The molecule has 1 aromatic heterocycles. The van der Waals surface area contributed by atoms with Crippen LogP contribution in [-0.4, -0.2) is 48.6 Å². The highest BCUT2D eigenvalue weighted by Gasteiger charge is 2.31. The summed E-state index contributed by atoms with van der Waals surface area (Å²) in [5, 5.41) is 2.94. The number of nitrogens with one attached hydrogen (secondary N) is 2. The van der Waals surface area contributed by atoms with Crippen LogP contribution in [-0.2, 0) is 4.74 Å². The van der Waals surface area contributed by atoms with Crippen LogP contribution in [0.15, 0.2) is 47.4 Å². The van der Waals surface area contributed by atoms with Crippen molar-refractivity contribution in [3.05, 3.63) is 69.6 Å². The summed E-state index contributed by atoms with van der Waals surface area (Å²) in [6.45, 7) is 3.64. The number of hydrogen-bond acceptors (Lipinski definition) is 4. The number of carbonyl (C=O) groups is 1. The molecule has 25 heavy (non-hydrogen) atoms. The summed E-state index contributed by atoms with van der Waals surface area (Å²) in [6.07, 6.45) is 1.32. The standard InChI is InChI=1S/C19H23N3O3/c1-13-10-17(23)20-11-15(13)19(24)21-12-16-18(22(2)8-9-25-16)14-6-4-3-5-7-14/h3-7,10-11,16,18H,8-9,12H2,1-2H3,(H,20,23)(H,21,24)/t16-,18-/m0/s1. The molecule has 6 nitrogen and oxygen atoms in total. The van der Waals surface area contributed by atoms with Gasteiger partial charge >= 0.3 is 0 Å². The van der Waals surface area contributed by atoms with Crippen molar-refractivity contribution in [1.82, 2.24) is 15.2 Å².